The van der Waals surface area contributed by atoms with Crippen molar-refractivity contribution >= 4 is 5.91 Å². The van der Waals surface area contributed by atoms with Crippen molar-refractivity contribution in [2.75, 3.05) is 6.54 Å². The highest BCUT2D eigenvalue weighted by Crippen LogP contribution is 2.24. The molecule has 3 rings (SSSR count). The first kappa shape index (κ1) is 19.2. The van der Waals surface area contributed by atoms with Gasteiger partial charge < -0.3 is 14.6 Å². The fourth-order valence-corrected chi connectivity index (χ4v) is 2.83. The molecule has 142 valence electrons. The molecule has 3 aromatic rings. The van der Waals surface area contributed by atoms with Gasteiger partial charge in [0.05, 0.1) is 5.56 Å². The molecule has 0 aliphatic carbocycles. The van der Waals surface area contributed by atoms with E-state index in [1.54, 1.807) is 16.8 Å². The van der Waals surface area contributed by atoms with Gasteiger partial charge in [0.2, 0.25) is 0 Å². The Bertz CT molecular complexity index is 967. The smallest absolute Gasteiger partial charge is 0.269 e. The van der Waals surface area contributed by atoms with Crippen molar-refractivity contribution in [1.82, 2.24) is 9.88 Å². The third-order valence-corrected chi connectivity index (χ3v) is 4.32. The number of aromatic nitrogens is 1. The van der Waals surface area contributed by atoms with E-state index in [9.17, 15) is 10.1 Å². The summed E-state index contributed by atoms with van der Waals surface area (Å²) in [6.45, 7) is 4.79. The number of para-hydroxylation sites is 1. The lowest BCUT2D eigenvalue weighted by Gasteiger charge is -2.12. The number of carbonyl (C=O) groups is 1. The lowest BCUT2D eigenvalue weighted by molar-refractivity contribution is 0.0945. The van der Waals surface area contributed by atoms with Crippen LogP contribution in [0.3, 0.4) is 0 Å². The first-order chi connectivity index (χ1) is 13.6. The van der Waals surface area contributed by atoms with Crippen molar-refractivity contribution in [2.45, 2.75) is 20.3 Å². The van der Waals surface area contributed by atoms with Gasteiger partial charge in [0.15, 0.2) is 0 Å². The fraction of sp³-hybridized carbons (Fsp3) is 0.217. The zero-order valence-electron chi connectivity index (χ0n) is 16.1. The second-order valence-corrected chi connectivity index (χ2v) is 6.91. The summed E-state index contributed by atoms with van der Waals surface area (Å²) in [4.78, 5) is 12.7. The van der Waals surface area contributed by atoms with Crippen LogP contribution < -0.4 is 10.1 Å². The molecule has 0 radical (unpaired) electrons. The number of ether oxygens (including phenoxy) is 1. The molecule has 0 aliphatic heterocycles. The van der Waals surface area contributed by atoms with Crippen molar-refractivity contribution < 1.29 is 9.53 Å². The van der Waals surface area contributed by atoms with E-state index in [4.69, 9.17) is 4.74 Å². The Labute approximate surface area is 165 Å². The molecule has 1 heterocycles. The molecule has 0 fully saturated rings. The molecule has 28 heavy (non-hydrogen) atoms. The quantitative estimate of drug-likeness (QED) is 0.639. The monoisotopic (exact) mass is 373 g/mol. The van der Waals surface area contributed by atoms with Crippen LogP contribution in [0.2, 0.25) is 0 Å². The lowest BCUT2D eigenvalue weighted by atomic mass is 10.1. The summed E-state index contributed by atoms with van der Waals surface area (Å²) in [7, 11) is 0. The van der Waals surface area contributed by atoms with Gasteiger partial charge in [-0.1, -0.05) is 32.0 Å². The predicted octanol–water partition coefficient (Wildman–Crippen LogP) is 4.92. The van der Waals surface area contributed by atoms with Gasteiger partial charge in [0, 0.05) is 18.4 Å². The van der Waals surface area contributed by atoms with Gasteiger partial charge in [-0.25, -0.2) is 0 Å². The molecule has 5 heteroatoms. The number of nitrogens with one attached hydrogen (secondary N) is 1. The topological polar surface area (TPSA) is 67.0 Å². The number of carbonyl (C=O) groups excluding carboxylic acids is 1. The molecule has 0 saturated carbocycles. The molecule has 0 bridgehead atoms. The van der Waals surface area contributed by atoms with E-state index >= 15 is 0 Å². The third-order valence-electron chi connectivity index (χ3n) is 4.32. The van der Waals surface area contributed by atoms with Crippen LogP contribution in [0, 0.1) is 17.2 Å². The lowest BCUT2D eigenvalue weighted by Crippen LogP contribution is -2.28. The summed E-state index contributed by atoms with van der Waals surface area (Å²) in [6, 6.07) is 20.7. The second-order valence-electron chi connectivity index (χ2n) is 6.91. The van der Waals surface area contributed by atoms with Crippen molar-refractivity contribution in [3.05, 3.63) is 78.1 Å². The summed E-state index contributed by atoms with van der Waals surface area (Å²) >= 11 is 0. The third kappa shape index (κ3) is 4.60. The van der Waals surface area contributed by atoms with Crippen LogP contribution in [-0.4, -0.2) is 17.0 Å². The van der Waals surface area contributed by atoms with Gasteiger partial charge in [-0.3, -0.25) is 4.79 Å². The number of hydrogen-bond acceptors (Lipinski definition) is 3. The van der Waals surface area contributed by atoms with Gasteiger partial charge in [-0.15, -0.1) is 0 Å². The molecule has 1 aromatic heterocycles. The van der Waals surface area contributed by atoms with E-state index in [-0.39, 0.29) is 5.91 Å². The number of hydrogen-bond donors (Lipinski definition) is 1. The highest BCUT2D eigenvalue weighted by Gasteiger charge is 2.18. The van der Waals surface area contributed by atoms with Crippen LogP contribution in [0.1, 0.15) is 36.3 Å². The van der Waals surface area contributed by atoms with Gasteiger partial charge in [-0.2, -0.15) is 5.26 Å². The first-order valence-electron chi connectivity index (χ1n) is 9.31. The van der Waals surface area contributed by atoms with Gasteiger partial charge in [0.25, 0.3) is 5.91 Å². The van der Waals surface area contributed by atoms with E-state index in [1.807, 2.05) is 54.6 Å². The molecule has 0 atom stereocenters. The molecular formula is C23H23N3O2. The predicted molar refractivity (Wildman–Crippen MR) is 109 cm³/mol. The van der Waals surface area contributed by atoms with E-state index in [2.05, 4.69) is 25.2 Å². The molecule has 0 spiro atoms. The maximum atomic E-state index is 12.7. The van der Waals surface area contributed by atoms with Crippen molar-refractivity contribution in [3.8, 4) is 23.3 Å². The number of nitrogens with zero attached hydrogens (tertiary/aromatic N) is 2. The minimum atomic E-state index is -0.244. The number of nitriles is 1. The Morgan fingerprint density at radius 2 is 1.75 bits per heavy atom. The van der Waals surface area contributed by atoms with Gasteiger partial charge >= 0.3 is 0 Å². The molecule has 5 nitrogen and oxygen atoms in total. The molecule has 0 unspecified atom stereocenters. The highest BCUT2D eigenvalue weighted by atomic mass is 16.5. The fourth-order valence-electron chi connectivity index (χ4n) is 2.83. The maximum Gasteiger partial charge on any atom is 0.269 e. The standard InChI is InChI=1S/C23H23N3O2/c1-17(2)12-14-25-23(27)22-18(16-24)13-15-26(22)19-8-10-21(11-9-19)28-20-6-4-3-5-7-20/h3-11,13,15,17H,12,14H2,1-2H3,(H,25,27). The number of amides is 1. The van der Waals surface area contributed by atoms with Crippen molar-refractivity contribution in [1.29, 1.82) is 5.26 Å². The normalized spacial score (nSPS) is 10.5. The molecule has 2 aromatic carbocycles. The molecule has 1 N–H and O–H groups in total. The van der Waals surface area contributed by atoms with Crippen molar-refractivity contribution in [2.24, 2.45) is 5.92 Å². The highest BCUT2D eigenvalue weighted by molar-refractivity contribution is 5.95. The van der Waals surface area contributed by atoms with E-state index < -0.39 is 0 Å². The zero-order valence-corrected chi connectivity index (χ0v) is 16.1. The number of rotatable bonds is 7. The Balaban J connectivity index is 1.80. The minimum Gasteiger partial charge on any atom is -0.457 e. The van der Waals surface area contributed by atoms with E-state index in [0.717, 1.165) is 17.9 Å². The molecule has 0 aliphatic rings. The van der Waals surface area contributed by atoms with Crippen LogP contribution in [0.4, 0.5) is 0 Å². The largest absolute Gasteiger partial charge is 0.457 e. The van der Waals surface area contributed by atoms with Crippen molar-refractivity contribution in [3.63, 3.8) is 0 Å². The van der Waals surface area contributed by atoms with Crippen LogP contribution >= 0.6 is 0 Å². The minimum absolute atomic E-state index is 0.244. The SMILES string of the molecule is CC(C)CCNC(=O)c1c(C#N)ccn1-c1ccc(Oc2ccccc2)cc1. The average molecular weight is 373 g/mol. The second kappa shape index (κ2) is 8.92. The van der Waals surface area contributed by atoms with Gasteiger partial charge in [-0.05, 0) is 54.8 Å². The van der Waals surface area contributed by atoms with E-state index in [1.165, 1.54) is 0 Å². The van der Waals surface area contributed by atoms with E-state index in [0.29, 0.717) is 29.5 Å². The summed E-state index contributed by atoms with van der Waals surface area (Å²) in [5.41, 5.74) is 1.49. The Kier molecular flexibility index (Phi) is 6.13. The first-order valence-corrected chi connectivity index (χ1v) is 9.31. The molecular weight excluding hydrogens is 350 g/mol. The maximum absolute atomic E-state index is 12.7. The Morgan fingerprint density at radius 3 is 2.39 bits per heavy atom. The average Bonchev–Trinajstić information content (AvgIpc) is 3.13. The zero-order chi connectivity index (χ0) is 19.9. The molecule has 1 amide bonds. The summed E-state index contributed by atoms with van der Waals surface area (Å²) in [5.74, 6) is 1.71. The summed E-state index contributed by atoms with van der Waals surface area (Å²) < 4.78 is 7.54. The van der Waals surface area contributed by atoms with Crippen LogP contribution in [0.15, 0.2) is 66.9 Å². The van der Waals surface area contributed by atoms with Gasteiger partial charge in [0.1, 0.15) is 23.3 Å². The Hall–Kier alpha value is -3.52. The summed E-state index contributed by atoms with van der Waals surface area (Å²) in [6.07, 6.45) is 2.63. The Morgan fingerprint density at radius 1 is 1.07 bits per heavy atom. The number of benzene rings is 2. The van der Waals surface area contributed by atoms with Crippen LogP contribution in [0.5, 0.6) is 11.5 Å². The van der Waals surface area contributed by atoms with Crippen LogP contribution in [0.25, 0.3) is 5.69 Å². The van der Waals surface area contributed by atoms with Crippen LogP contribution in [-0.2, 0) is 0 Å². The molecule has 0 saturated heterocycles. The summed E-state index contributed by atoms with van der Waals surface area (Å²) in [5, 5.41) is 12.3.